The molecule has 0 radical (unpaired) electrons. The van der Waals surface area contributed by atoms with Gasteiger partial charge in [-0.3, -0.25) is 9.59 Å². The number of anilines is 1. The summed E-state index contributed by atoms with van der Waals surface area (Å²) >= 11 is 6.43. The molecule has 1 fully saturated rings. The molecule has 1 aliphatic rings. The minimum absolute atomic E-state index is 0.0365. The van der Waals surface area contributed by atoms with Gasteiger partial charge >= 0.3 is 7.12 Å². The number of aryl methyl sites for hydroxylation is 1. The summed E-state index contributed by atoms with van der Waals surface area (Å²) in [7, 11) is -1.03. The first-order valence-corrected chi connectivity index (χ1v) is 15.2. The summed E-state index contributed by atoms with van der Waals surface area (Å²) in [6.45, 7) is 17.2. The van der Waals surface area contributed by atoms with E-state index in [2.05, 4.69) is 5.32 Å². The fourth-order valence-corrected chi connectivity index (χ4v) is 5.92. The smallest absolute Gasteiger partial charge is 0.460 e. The van der Waals surface area contributed by atoms with Crippen LogP contribution in [0.25, 0.3) is 22.1 Å². The summed E-state index contributed by atoms with van der Waals surface area (Å²) in [6.07, 6.45) is 0.614. The SMILES string of the molecule is Cc1cc(C(C)Nc2ccc(Cl)cc2-c2cc(F)c(B3OC(C)(C)C(C)(C)O3)c(C=O)c2)c2oc(C(C)C)c(C)c(=O)c2c1. The van der Waals surface area contributed by atoms with E-state index in [4.69, 9.17) is 25.3 Å². The average Bonchev–Trinajstić information content (AvgIpc) is 3.16. The van der Waals surface area contributed by atoms with Crippen LogP contribution in [0.3, 0.4) is 0 Å². The molecular weight excluding hydrogens is 580 g/mol. The van der Waals surface area contributed by atoms with E-state index in [1.54, 1.807) is 25.1 Å². The third-order valence-corrected chi connectivity index (χ3v) is 9.10. The summed E-state index contributed by atoms with van der Waals surface area (Å²) in [6, 6.07) is 11.8. The molecule has 1 N–H and O–H groups in total. The Morgan fingerprint density at radius 3 is 2.25 bits per heavy atom. The van der Waals surface area contributed by atoms with E-state index in [0.717, 1.165) is 11.1 Å². The van der Waals surface area contributed by atoms with Gasteiger partial charge < -0.3 is 19.0 Å². The highest BCUT2D eigenvalue weighted by molar-refractivity contribution is 6.63. The lowest BCUT2D eigenvalue weighted by atomic mass is 9.74. The zero-order valence-corrected chi connectivity index (χ0v) is 27.4. The van der Waals surface area contributed by atoms with E-state index in [1.165, 1.54) is 6.07 Å². The number of rotatable bonds is 7. The molecule has 2 heterocycles. The van der Waals surface area contributed by atoms with Gasteiger partial charge in [-0.2, -0.15) is 0 Å². The summed E-state index contributed by atoms with van der Waals surface area (Å²) in [5.41, 5.74) is 3.36. The Morgan fingerprint density at radius 2 is 1.64 bits per heavy atom. The van der Waals surface area contributed by atoms with Crippen LogP contribution in [0.5, 0.6) is 0 Å². The zero-order valence-electron chi connectivity index (χ0n) is 26.6. The molecule has 0 amide bonds. The maximum atomic E-state index is 15.9. The highest BCUT2D eigenvalue weighted by Crippen LogP contribution is 2.39. The van der Waals surface area contributed by atoms with Crippen molar-refractivity contribution >= 4 is 47.1 Å². The highest BCUT2D eigenvalue weighted by atomic mass is 35.5. The number of hydrogen-bond acceptors (Lipinski definition) is 6. The standard InChI is InChI=1S/C35H38BClFNO5/c1-18(2)32-20(4)31(41)27-13-19(3)12-25(33(27)42-32)21(5)39-29-11-10-24(37)16-26(29)22-14-23(17-40)30(28(38)15-22)36-43-34(6,7)35(8,9)44-36/h10-18,21,39H,1-9H3. The number of nitrogens with one attached hydrogen (secondary N) is 1. The van der Waals surface area contributed by atoms with Crippen molar-refractivity contribution < 1.29 is 22.9 Å². The van der Waals surface area contributed by atoms with Crippen LogP contribution in [0.4, 0.5) is 10.1 Å². The van der Waals surface area contributed by atoms with Crippen molar-refractivity contribution in [3.05, 3.63) is 91.5 Å². The normalized spacial score (nSPS) is 16.5. The maximum absolute atomic E-state index is 15.9. The number of halogens is 2. The topological polar surface area (TPSA) is 77.8 Å². The Hall–Kier alpha value is -3.46. The van der Waals surface area contributed by atoms with Crippen LogP contribution in [-0.4, -0.2) is 24.6 Å². The van der Waals surface area contributed by atoms with E-state index in [1.807, 2.05) is 73.6 Å². The van der Waals surface area contributed by atoms with Crippen LogP contribution in [0.15, 0.2) is 51.7 Å². The van der Waals surface area contributed by atoms with E-state index < -0.39 is 24.1 Å². The largest absolute Gasteiger partial charge is 0.498 e. The second-order valence-corrected chi connectivity index (χ2v) is 13.5. The molecule has 4 aromatic rings. The third-order valence-electron chi connectivity index (χ3n) is 8.86. The fourth-order valence-electron chi connectivity index (χ4n) is 5.75. The van der Waals surface area contributed by atoms with Crippen molar-refractivity contribution in [3.63, 3.8) is 0 Å². The molecule has 1 aromatic heterocycles. The second-order valence-electron chi connectivity index (χ2n) is 13.0. The van der Waals surface area contributed by atoms with Crippen molar-refractivity contribution in [2.24, 2.45) is 0 Å². The number of carbonyl (C=O) groups is 1. The number of aldehydes is 1. The summed E-state index contributed by atoms with van der Waals surface area (Å²) in [5.74, 6) is 0.0745. The third kappa shape index (κ3) is 5.60. The van der Waals surface area contributed by atoms with Gasteiger partial charge in [-0.05, 0) is 96.0 Å². The fraction of sp³-hybridized carbons (Fsp3) is 0.371. The van der Waals surface area contributed by atoms with Crippen LogP contribution in [0.2, 0.25) is 5.02 Å². The molecule has 1 unspecified atom stereocenters. The summed E-state index contributed by atoms with van der Waals surface area (Å²) < 4.78 is 34.4. The molecule has 1 saturated heterocycles. The van der Waals surface area contributed by atoms with Crippen molar-refractivity contribution in [2.75, 3.05) is 5.32 Å². The zero-order chi connectivity index (χ0) is 32.3. The molecule has 0 aliphatic carbocycles. The first-order valence-electron chi connectivity index (χ1n) is 14.8. The van der Waals surface area contributed by atoms with Gasteiger partial charge in [0.25, 0.3) is 0 Å². The van der Waals surface area contributed by atoms with Crippen molar-refractivity contribution in [3.8, 4) is 11.1 Å². The monoisotopic (exact) mass is 617 g/mol. The first kappa shape index (κ1) is 32.0. The van der Waals surface area contributed by atoms with Crippen LogP contribution in [-0.2, 0) is 9.31 Å². The van der Waals surface area contributed by atoms with Crippen molar-refractivity contribution in [1.29, 1.82) is 0 Å². The molecular formula is C35H38BClFNO5. The lowest BCUT2D eigenvalue weighted by Gasteiger charge is -2.32. The second kappa shape index (κ2) is 11.5. The van der Waals surface area contributed by atoms with E-state index in [9.17, 15) is 9.59 Å². The van der Waals surface area contributed by atoms with E-state index >= 15 is 4.39 Å². The van der Waals surface area contributed by atoms with Gasteiger partial charge in [-0.25, -0.2) is 4.39 Å². The quantitative estimate of drug-likeness (QED) is 0.166. The van der Waals surface area contributed by atoms with Crippen LogP contribution < -0.4 is 16.2 Å². The molecule has 1 aliphatic heterocycles. The highest BCUT2D eigenvalue weighted by Gasteiger charge is 2.53. The van der Waals surface area contributed by atoms with Crippen LogP contribution in [0.1, 0.15) is 93.2 Å². The Labute approximate surface area is 263 Å². The summed E-state index contributed by atoms with van der Waals surface area (Å²) in [4.78, 5) is 25.6. The minimum Gasteiger partial charge on any atom is -0.460 e. The van der Waals surface area contributed by atoms with Gasteiger partial charge in [0.2, 0.25) is 0 Å². The molecule has 1 atom stereocenters. The lowest BCUT2D eigenvalue weighted by Crippen LogP contribution is -2.41. The Balaban J connectivity index is 1.58. The molecule has 230 valence electrons. The van der Waals surface area contributed by atoms with Gasteiger partial charge in [0.05, 0.1) is 22.6 Å². The Morgan fingerprint density at radius 1 is 0.977 bits per heavy atom. The maximum Gasteiger partial charge on any atom is 0.498 e. The lowest BCUT2D eigenvalue weighted by molar-refractivity contribution is 0.00578. The van der Waals surface area contributed by atoms with Crippen molar-refractivity contribution in [1.82, 2.24) is 0 Å². The number of carbonyl (C=O) groups excluding carboxylic acids is 1. The van der Waals surface area contributed by atoms with Crippen LogP contribution in [0, 0.1) is 19.7 Å². The van der Waals surface area contributed by atoms with Gasteiger partial charge in [0.1, 0.15) is 23.4 Å². The van der Waals surface area contributed by atoms with Gasteiger partial charge in [0.15, 0.2) is 5.43 Å². The molecule has 0 bridgehead atoms. The number of benzene rings is 3. The first-order chi connectivity index (χ1) is 20.5. The molecule has 44 heavy (non-hydrogen) atoms. The van der Waals surface area contributed by atoms with Crippen LogP contribution >= 0.6 is 11.6 Å². The van der Waals surface area contributed by atoms with Crippen molar-refractivity contribution in [2.45, 2.75) is 85.5 Å². The molecule has 0 saturated carbocycles. The average molecular weight is 618 g/mol. The Kier molecular flexibility index (Phi) is 8.34. The molecule has 0 spiro atoms. The van der Waals surface area contributed by atoms with Gasteiger partial charge in [0, 0.05) is 44.3 Å². The minimum atomic E-state index is -1.03. The summed E-state index contributed by atoms with van der Waals surface area (Å²) in [5, 5.41) is 4.50. The number of fused-ring (bicyclic) bond motifs is 1. The molecule has 5 rings (SSSR count). The molecule has 9 heteroatoms. The predicted octanol–water partition coefficient (Wildman–Crippen LogP) is 8.28. The van der Waals surface area contributed by atoms with Gasteiger partial charge in [-0.1, -0.05) is 31.5 Å². The molecule has 6 nitrogen and oxygen atoms in total. The van der Waals surface area contributed by atoms with E-state index in [-0.39, 0.29) is 28.4 Å². The predicted molar refractivity (Wildman–Crippen MR) is 176 cm³/mol. The Bertz CT molecular complexity index is 1830. The number of hydrogen-bond donors (Lipinski definition) is 1. The van der Waals surface area contributed by atoms with E-state index in [0.29, 0.717) is 50.4 Å². The van der Waals surface area contributed by atoms with Gasteiger partial charge in [-0.15, -0.1) is 0 Å². The molecule has 3 aromatic carbocycles.